The smallest absolute Gasteiger partial charge is 0.433 e. The Kier molecular flexibility index (Phi) is 4.15. The van der Waals surface area contributed by atoms with Gasteiger partial charge in [-0.25, -0.2) is 0 Å². The molecule has 3 N–H and O–H groups in total. The van der Waals surface area contributed by atoms with Crippen molar-refractivity contribution in [2.24, 2.45) is 5.73 Å². The van der Waals surface area contributed by atoms with Crippen LogP contribution in [0.2, 0.25) is 0 Å². The number of nitrogens with zero attached hydrogens (tertiary/aromatic N) is 2. The summed E-state index contributed by atoms with van der Waals surface area (Å²) in [7, 11) is 2.80. The molecule has 136 valence electrons. The van der Waals surface area contributed by atoms with E-state index in [9.17, 15) is 18.4 Å². The number of hydrogen-bond donors (Lipinski definition) is 2. The van der Waals surface area contributed by atoms with Gasteiger partial charge in [-0.05, 0) is 6.07 Å². The molecule has 2 aromatic rings. The number of nitriles is 1. The van der Waals surface area contributed by atoms with Crippen LogP contribution in [0.15, 0.2) is 29.7 Å². The van der Waals surface area contributed by atoms with Crippen molar-refractivity contribution in [3.63, 3.8) is 0 Å². The molecule has 1 aromatic carbocycles. The molecule has 1 aromatic heterocycles. The van der Waals surface area contributed by atoms with Crippen LogP contribution in [0.25, 0.3) is 0 Å². The van der Waals surface area contributed by atoms with E-state index in [1.807, 2.05) is 11.2 Å². The molecule has 0 saturated heterocycles. The maximum absolute atomic E-state index is 13.4. The molecule has 0 saturated carbocycles. The number of benzene rings is 1. The number of fused-ring (bicyclic) bond motifs is 1. The van der Waals surface area contributed by atoms with E-state index >= 15 is 0 Å². The lowest BCUT2D eigenvalue weighted by Crippen LogP contribution is -2.23. The first-order valence-corrected chi connectivity index (χ1v) is 7.26. The molecule has 7 nitrogen and oxygen atoms in total. The summed E-state index contributed by atoms with van der Waals surface area (Å²) < 4.78 is 55.7. The van der Waals surface area contributed by atoms with Crippen molar-refractivity contribution < 1.29 is 27.4 Å². The predicted octanol–water partition coefficient (Wildman–Crippen LogP) is 2.66. The standard InChI is InChI=1S/C16H13F3N4O3/c1-24-7-3-4-8(10(5-7)25-2)11-9(6-20)14(21)26-15-12(11)13(22-23-15)16(17,18)19/h3-5,11H,21H2,1-2H3,(H,22,23)/t11-/m1/s1. The van der Waals surface area contributed by atoms with Crippen LogP contribution in [-0.2, 0) is 6.18 Å². The molecule has 26 heavy (non-hydrogen) atoms. The molecule has 0 amide bonds. The van der Waals surface area contributed by atoms with Gasteiger partial charge in [0.1, 0.15) is 28.8 Å². The molecule has 0 spiro atoms. The molecule has 0 bridgehead atoms. The minimum absolute atomic E-state index is 0.173. The number of allylic oxidation sites excluding steroid dienone is 1. The van der Waals surface area contributed by atoms with Crippen molar-refractivity contribution in [1.82, 2.24) is 10.2 Å². The van der Waals surface area contributed by atoms with Gasteiger partial charge in [-0.3, -0.25) is 5.10 Å². The van der Waals surface area contributed by atoms with Gasteiger partial charge in [-0.15, -0.1) is 5.10 Å². The lowest BCUT2D eigenvalue weighted by atomic mass is 9.83. The highest BCUT2D eigenvalue weighted by atomic mass is 19.4. The van der Waals surface area contributed by atoms with Crippen LogP contribution in [0.4, 0.5) is 13.2 Å². The van der Waals surface area contributed by atoms with Crippen LogP contribution < -0.4 is 19.9 Å². The fourth-order valence-corrected chi connectivity index (χ4v) is 2.83. The van der Waals surface area contributed by atoms with Crippen molar-refractivity contribution in [3.05, 3.63) is 46.5 Å². The first-order valence-electron chi connectivity index (χ1n) is 7.26. The third kappa shape index (κ3) is 2.67. The number of aromatic amines is 1. The quantitative estimate of drug-likeness (QED) is 0.865. The molecule has 10 heteroatoms. The highest BCUT2D eigenvalue weighted by molar-refractivity contribution is 5.59. The summed E-state index contributed by atoms with van der Waals surface area (Å²) in [5.41, 5.74) is 4.41. The molecule has 0 radical (unpaired) electrons. The highest BCUT2D eigenvalue weighted by Gasteiger charge is 2.45. The topological polar surface area (TPSA) is 106 Å². The fourth-order valence-electron chi connectivity index (χ4n) is 2.83. The maximum atomic E-state index is 13.4. The second-order valence-corrected chi connectivity index (χ2v) is 5.35. The van der Waals surface area contributed by atoms with E-state index in [4.69, 9.17) is 19.9 Å². The summed E-state index contributed by atoms with van der Waals surface area (Å²) in [6.07, 6.45) is -4.73. The summed E-state index contributed by atoms with van der Waals surface area (Å²) >= 11 is 0. The normalized spacial score (nSPS) is 16.5. The number of ether oxygens (including phenoxy) is 3. The van der Waals surface area contributed by atoms with Crippen LogP contribution in [0.5, 0.6) is 17.4 Å². The summed E-state index contributed by atoms with van der Waals surface area (Å²) in [4.78, 5) is 0. The minimum Gasteiger partial charge on any atom is -0.497 e. The Labute approximate surface area is 145 Å². The first kappa shape index (κ1) is 17.5. The lowest BCUT2D eigenvalue weighted by Gasteiger charge is -2.25. The summed E-state index contributed by atoms with van der Waals surface area (Å²) in [5, 5.41) is 14.9. The molecular formula is C16H13F3N4O3. The number of H-pyrrole nitrogens is 1. The van der Waals surface area contributed by atoms with E-state index in [0.29, 0.717) is 11.3 Å². The number of alkyl halides is 3. The van der Waals surface area contributed by atoms with Gasteiger partial charge in [0.15, 0.2) is 0 Å². The zero-order valence-electron chi connectivity index (χ0n) is 13.6. The Hall–Kier alpha value is -3.35. The molecule has 2 heterocycles. The third-order valence-corrected chi connectivity index (χ3v) is 3.97. The Morgan fingerprint density at radius 3 is 2.62 bits per heavy atom. The van der Waals surface area contributed by atoms with Crippen LogP contribution in [-0.4, -0.2) is 24.4 Å². The molecule has 0 fully saturated rings. The average molecular weight is 366 g/mol. The number of nitrogens with one attached hydrogen (secondary N) is 1. The van der Waals surface area contributed by atoms with Gasteiger partial charge in [0, 0.05) is 11.6 Å². The molecule has 1 atom stereocenters. The number of aromatic nitrogens is 2. The van der Waals surface area contributed by atoms with E-state index in [-0.39, 0.29) is 28.6 Å². The Morgan fingerprint density at radius 2 is 2.04 bits per heavy atom. The van der Waals surface area contributed by atoms with Crippen molar-refractivity contribution in [3.8, 4) is 23.4 Å². The monoisotopic (exact) mass is 366 g/mol. The van der Waals surface area contributed by atoms with E-state index in [1.54, 1.807) is 6.07 Å². The zero-order chi connectivity index (χ0) is 19.1. The van der Waals surface area contributed by atoms with E-state index in [2.05, 4.69) is 5.10 Å². The second-order valence-electron chi connectivity index (χ2n) is 5.35. The van der Waals surface area contributed by atoms with Gasteiger partial charge >= 0.3 is 6.18 Å². The van der Waals surface area contributed by atoms with Gasteiger partial charge in [-0.2, -0.15) is 18.4 Å². The Bertz CT molecular complexity index is 928. The van der Waals surface area contributed by atoms with Gasteiger partial charge in [0.25, 0.3) is 0 Å². The third-order valence-electron chi connectivity index (χ3n) is 3.97. The maximum Gasteiger partial charge on any atom is 0.433 e. The minimum atomic E-state index is -4.73. The number of nitrogens with two attached hydrogens (primary N) is 1. The van der Waals surface area contributed by atoms with Crippen molar-refractivity contribution in [2.45, 2.75) is 12.1 Å². The van der Waals surface area contributed by atoms with Gasteiger partial charge in [0.05, 0.1) is 25.7 Å². The van der Waals surface area contributed by atoms with E-state index in [0.717, 1.165) is 0 Å². The van der Waals surface area contributed by atoms with Crippen LogP contribution >= 0.6 is 0 Å². The first-order chi connectivity index (χ1) is 12.3. The summed E-state index contributed by atoms with van der Waals surface area (Å²) in [6.45, 7) is 0. The number of rotatable bonds is 3. The van der Waals surface area contributed by atoms with Crippen molar-refractivity contribution >= 4 is 0 Å². The molecule has 1 aliphatic heterocycles. The summed E-state index contributed by atoms with van der Waals surface area (Å²) in [5.74, 6) is -1.14. The van der Waals surface area contributed by atoms with Gasteiger partial charge in [-0.1, -0.05) is 6.07 Å². The summed E-state index contributed by atoms with van der Waals surface area (Å²) in [6, 6.07) is 6.38. The molecule has 0 aliphatic carbocycles. The van der Waals surface area contributed by atoms with Crippen LogP contribution in [0.3, 0.4) is 0 Å². The molecular weight excluding hydrogens is 353 g/mol. The average Bonchev–Trinajstić information content (AvgIpc) is 3.03. The van der Waals surface area contributed by atoms with Gasteiger partial charge < -0.3 is 19.9 Å². The lowest BCUT2D eigenvalue weighted by molar-refractivity contribution is -0.141. The van der Waals surface area contributed by atoms with Crippen LogP contribution in [0, 0.1) is 11.3 Å². The van der Waals surface area contributed by atoms with Gasteiger partial charge in [0.2, 0.25) is 11.8 Å². The molecule has 1 aliphatic rings. The largest absolute Gasteiger partial charge is 0.497 e. The Balaban J connectivity index is 2.30. The molecule has 3 rings (SSSR count). The predicted molar refractivity (Wildman–Crippen MR) is 82.4 cm³/mol. The van der Waals surface area contributed by atoms with E-state index in [1.165, 1.54) is 26.4 Å². The van der Waals surface area contributed by atoms with Crippen molar-refractivity contribution in [1.29, 1.82) is 5.26 Å². The zero-order valence-corrected chi connectivity index (χ0v) is 13.6. The number of halogens is 3. The highest BCUT2D eigenvalue weighted by Crippen LogP contribution is 2.49. The number of hydrogen-bond acceptors (Lipinski definition) is 6. The van der Waals surface area contributed by atoms with Crippen molar-refractivity contribution in [2.75, 3.05) is 14.2 Å². The molecule has 0 unspecified atom stereocenters. The van der Waals surface area contributed by atoms with E-state index < -0.39 is 17.8 Å². The Morgan fingerprint density at radius 1 is 1.31 bits per heavy atom. The van der Waals surface area contributed by atoms with Crippen LogP contribution in [0.1, 0.15) is 22.7 Å². The second kappa shape index (κ2) is 6.18. The fraction of sp³-hybridized carbons (Fsp3) is 0.250. The number of methoxy groups -OCH3 is 2. The SMILES string of the molecule is COc1ccc([C@@H]2C(C#N)=C(N)Oc3n[nH]c(C(F)(F)F)c32)c(OC)c1.